The summed E-state index contributed by atoms with van der Waals surface area (Å²) in [4.78, 5) is 34.3. The Balaban J connectivity index is 1.70. The van der Waals surface area contributed by atoms with E-state index in [4.69, 9.17) is 0 Å². The van der Waals surface area contributed by atoms with Crippen molar-refractivity contribution in [1.29, 1.82) is 0 Å². The van der Waals surface area contributed by atoms with Crippen molar-refractivity contribution in [2.75, 3.05) is 31.6 Å². The van der Waals surface area contributed by atoms with Crippen LogP contribution in [0.5, 0.6) is 0 Å². The van der Waals surface area contributed by atoms with Gasteiger partial charge in [0, 0.05) is 19.8 Å². The number of hydrogen-bond acceptors (Lipinski definition) is 7. The number of hydrogen-bond donors (Lipinski definition) is 1. The first kappa shape index (κ1) is 16.1. The van der Waals surface area contributed by atoms with Gasteiger partial charge in [0.05, 0.1) is 17.0 Å². The number of nitrogens with one attached hydrogen (secondary N) is 1. The molecule has 3 heterocycles. The molecule has 1 unspecified atom stereocenters. The van der Waals surface area contributed by atoms with Gasteiger partial charge in [0.2, 0.25) is 11.1 Å². The number of nitrogens with zero attached hydrogens (tertiary/aromatic N) is 3. The average Bonchev–Trinajstić information content (AvgIpc) is 2.86. The maximum Gasteiger partial charge on any atom is 0.225 e. The van der Waals surface area contributed by atoms with Crippen LogP contribution < -0.4 is 10.2 Å². The SMILES string of the molecule is CN(CC1CCCNC1)c1nccc(/C=C2\SC(=O)CC2=O)n1. The summed E-state index contributed by atoms with van der Waals surface area (Å²) in [5, 5.41) is 3.31. The molecular formula is C16H20N4O2S. The zero-order valence-electron chi connectivity index (χ0n) is 13.1. The predicted octanol–water partition coefficient (Wildman–Crippen LogP) is 1.49. The van der Waals surface area contributed by atoms with Crippen LogP contribution in [0.3, 0.4) is 0 Å². The first-order chi connectivity index (χ1) is 11.1. The number of allylic oxidation sites excluding steroid dienone is 1. The van der Waals surface area contributed by atoms with E-state index >= 15 is 0 Å². The van der Waals surface area contributed by atoms with E-state index in [2.05, 4.69) is 20.2 Å². The van der Waals surface area contributed by atoms with Crippen molar-refractivity contribution < 1.29 is 9.59 Å². The van der Waals surface area contributed by atoms with Gasteiger partial charge in [0.25, 0.3) is 0 Å². The summed E-state index contributed by atoms with van der Waals surface area (Å²) in [6.45, 7) is 3.03. The number of ketones is 1. The zero-order valence-corrected chi connectivity index (χ0v) is 13.9. The van der Waals surface area contributed by atoms with Gasteiger partial charge in [-0.2, -0.15) is 0 Å². The van der Waals surface area contributed by atoms with E-state index < -0.39 is 0 Å². The molecule has 1 aromatic heterocycles. The lowest BCUT2D eigenvalue weighted by atomic mass is 9.99. The summed E-state index contributed by atoms with van der Waals surface area (Å²) in [5.41, 5.74) is 0.661. The van der Waals surface area contributed by atoms with Crippen molar-refractivity contribution in [3.05, 3.63) is 22.9 Å². The number of piperidine rings is 1. The fraction of sp³-hybridized carbons (Fsp3) is 0.500. The van der Waals surface area contributed by atoms with E-state index in [0.29, 0.717) is 22.5 Å². The zero-order chi connectivity index (χ0) is 16.2. The van der Waals surface area contributed by atoms with Gasteiger partial charge >= 0.3 is 0 Å². The fourth-order valence-electron chi connectivity index (χ4n) is 2.85. The third kappa shape index (κ3) is 4.17. The summed E-state index contributed by atoms with van der Waals surface area (Å²) >= 11 is 1.00. The summed E-state index contributed by atoms with van der Waals surface area (Å²) < 4.78 is 0. The van der Waals surface area contributed by atoms with E-state index in [1.165, 1.54) is 12.8 Å². The molecule has 1 aromatic rings. The molecule has 2 saturated heterocycles. The quantitative estimate of drug-likeness (QED) is 0.661. The molecule has 2 fully saturated rings. The summed E-state index contributed by atoms with van der Waals surface area (Å²) in [5.74, 6) is 1.12. The maximum absolute atomic E-state index is 11.7. The number of aromatic nitrogens is 2. The topological polar surface area (TPSA) is 75.2 Å². The van der Waals surface area contributed by atoms with Gasteiger partial charge in [0.1, 0.15) is 0 Å². The van der Waals surface area contributed by atoms with Crippen LogP contribution in [0.2, 0.25) is 0 Å². The molecule has 0 aromatic carbocycles. The minimum absolute atomic E-state index is 0.0109. The standard InChI is InChI=1S/C16H20N4O2S/c1-20(10-11-3-2-5-17-9-11)16-18-6-4-12(19-16)7-14-13(21)8-15(22)23-14/h4,6-7,11,17H,2-3,5,8-10H2,1H3/b14-7-. The van der Waals surface area contributed by atoms with Gasteiger partial charge in [-0.3, -0.25) is 9.59 Å². The van der Waals surface area contributed by atoms with E-state index in [1.54, 1.807) is 18.3 Å². The van der Waals surface area contributed by atoms with E-state index in [-0.39, 0.29) is 17.3 Å². The minimum atomic E-state index is -0.123. The van der Waals surface area contributed by atoms with E-state index in [0.717, 1.165) is 31.4 Å². The van der Waals surface area contributed by atoms with Gasteiger partial charge in [-0.15, -0.1) is 0 Å². The summed E-state index contributed by atoms with van der Waals surface area (Å²) in [6.07, 6.45) is 5.78. The molecule has 1 atom stereocenters. The molecule has 23 heavy (non-hydrogen) atoms. The van der Waals surface area contributed by atoms with Crippen molar-refractivity contribution in [1.82, 2.24) is 15.3 Å². The molecule has 0 bridgehead atoms. The molecule has 0 spiro atoms. The molecule has 0 amide bonds. The van der Waals surface area contributed by atoms with Crippen molar-refractivity contribution in [2.24, 2.45) is 5.92 Å². The van der Waals surface area contributed by atoms with Gasteiger partial charge in [0.15, 0.2) is 5.78 Å². The molecule has 0 aliphatic carbocycles. The van der Waals surface area contributed by atoms with E-state index in [1.807, 2.05) is 7.05 Å². The van der Waals surface area contributed by atoms with Crippen molar-refractivity contribution in [2.45, 2.75) is 19.3 Å². The molecule has 2 aliphatic rings. The lowest BCUT2D eigenvalue weighted by molar-refractivity contribution is -0.119. The molecule has 0 saturated carbocycles. The van der Waals surface area contributed by atoms with Crippen LogP contribution in [0.15, 0.2) is 17.2 Å². The summed E-state index contributed by atoms with van der Waals surface area (Å²) in [6, 6.07) is 1.75. The Morgan fingerprint density at radius 2 is 2.35 bits per heavy atom. The molecule has 3 rings (SSSR count). The molecule has 2 aliphatic heterocycles. The van der Waals surface area contributed by atoms with Gasteiger partial charge in [-0.05, 0) is 55.8 Å². The van der Waals surface area contributed by atoms with Gasteiger partial charge in [-0.1, -0.05) is 0 Å². The average molecular weight is 332 g/mol. The molecule has 7 heteroatoms. The lowest BCUT2D eigenvalue weighted by Crippen LogP contribution is -2.37. The van der Waals surface area contributed by atoms with Crippen molar-refractivity contribution >= 4 is 34.7 Å². The van der Waals surface area contributed by atoms with Crippen LogP contribution in [-0.4, -0.2) is 47.5 Å². The first-order valence-electron chi connectivity index (χ1n) is 7.82. The molecular weight excluding hydrogens is 312 g/mol. The Morgan fingerprint density at radius 3 is 3.04 bits per heavy atom. The second kappa shape index (κ2) is 7.23. The van der Waals surface area contributed by atoms with Gasteiger partial charge < -0.3 is 10.2 Å². The summed E-state index contributed by atoms with van der Waals surface area (Å²) in [7, 11) is 1.99. The minimum Gasteiger partial charge on any atom is -0.344 e. The number of thioether (sulfide) groups is 1. The first-order valence-corrected chi connectivity index (χ1v) is 8.64. The number of carbonyl (C=O) groups excluding carboxylic acids is 2. The Morgan fingerprint density at radius 1 is 1.48 bits per heavy atom. The van der Waals surface area contributed by atoms with Crippen molar-refractivity contribution in [3.8, 4) is 0 Å². The Kier molecular flexibility index (Phi) is 5.07. The monoisotopic (exact) mass is 332 g/mol. The van der Waals surface area contributed by atoms with E-state index in [9.17, 15) is 9.59 Å². The Labute approximate surface area is 139 Å². The second-order valence-corrected chi connectivity index (χ2v) is 7.06. The highest BCUT2D eigenvalue weighted by atomic mass is 32.2. The number of rotatable bonds is 4. The maximum atomic E-state index is 11.7. The largest absolute Gasteiger partial charge is 0.344 e. The molecule has 0 radical (unpaired) electrons. The number of Topliss-reactive ketones (excluding diaryl/α,β-unsaturated/α-hetero) is 1. The Bertz CT molecular complexity index is 641. The second-order valence-electron chi connectivity index (χ2n) is 5.96. The molecule has 6 nitrogen and oxygen atoms in total. The predicted molar refractivity (Wildman–Crippen MR) is 91.1 cm³/mol. The van der Waals surface area contributed by atoms with Crippen LogP contribution in [0, 0.1) is 5.92 Å². The van der Waals surface area contributed by atoms with Crippen LogP contribution in [0.25, 0.3) is 6.08 Å². The highest BCUT2D eigenvalue weighted by Crippen LogP contribution is 2.30. The van der Waals surface area contributed by atoms with Gasteiger partial charge in [-0.25, -0.2) is 9.97 Å². The van der Waals surface area contributed by atoms with Crippen LogP contribution >= 0.6 is 11.8 Å². The number of carbonyl (C=O) groups is 2. The molecule has 1 N–H and O–H groups in total. The number of anilines is 1. The normalized spacial score (nSPS) is 23.5. The smallest absolute Gasteiger partial charge is 0.225 e. The van der Waals surface area contributed by atoms with Crippen LogP contribution in [-0.2, 0) is 9.59 Å². The van der Waals surface area contributed by atoms with Crippen LogP contribution in [0.4, 0.5) is 5.95 Å². The highest BCUT2D eigenvalue weighted by Gasteiger charge is 2.26. The lowest BCUT2D eigenvalue weighted by Gasteiger charge is -2.27. The third-order valence-electron chi connectivity index (χ3n) is 4.02. The fourth-order valence-corrected chi connectivity index (χ4v) is 3.67. The third-order valence-corrected chi connectivity index (χ3v) is 4.96. The molecule has 122 valence electrons. The Hall–Kier alpha value is -1.73. The highest BCUT2D eigenvalue weighted by molar-refractivity contribution is 8.18. The van der Waals surface area contributed by atoms with Crippen molar-refractivity contribution in [3.63, 3.8) is 0 Å². The van der Waals surface area contributed by atoms with Crippen LogP contribution in [0.1, 0.15) is 25.0 Å².